The highest BCUT2D eigenvalue weighted by Crippen LogP contribution is 2.56. The summed E-state index contributed by atoms with van der Waals surface area (Å²) in [5.74, 6) is -26.0. The van der Waals surface area contributed by atoms with E-state index in [1.165, 1.54) is 4.74 Å². The number of rotatable bonds is 7. The Morgan fingerprint density at radius 3 is 1.21 bits per heavy atom. The molecule has 0 saturated carbocycles. The van der Waals surface area contributed by atoms with Gasteiger partial charge in [0.15, 0.2) is 0 Å². The molecule has 2 atom stereocenters. The Morgan fingerprint density at radius 2 is 0.941 bits per heavy atom. The van der Waals surface area contributed by atoms with Crippen molar-refractivity contribution in [2.75, 3.05) is 0 Å². The first kappa shape index (κ1) is 32.2. The van der Waals surface area contributed by atoms with Crippen LogP contribution in [-0.4, -0.2) is 59.8 Å². The molecule has 4 nitrogen and oxygen atoms in total. The number of ether oxygens (including phenoxy) is 2. The first-order chi connectivity index (χ1) is 14.3. The molecule has 2 unspecified atom stereocenters. The van der Waals surface area contributed by atoms with Gasteiger partial charge in [-0.2, -0.15) is 74.6 Å². The number of halogens is 17. The predicted molar refractivity (Wildman–Crippen MR) is 70.7 cm³/mol. The Labute approximate surface area is 176 Å². The van der Waals surface area contributed by atoms with Crippen LogP contribution >= 0.6 is 0 Å². The third-order valence-corrected chi connectivity index (χ3v) is 3.14. The smallest absolute Gasteiger partial charge is 0.346 e. The predicted octanol–water partition coefficient (Wildman–Crippen LogP) is 5.77. The van der Waals surface area contributed by atoms with Gasteiger partial charge in [0.1, 0.15) is 0 Å². The molecule has 0 aromatic carbocycles. The molecular weight excluding hydrogens is 541 g/mol. The fraction of sp³-hybridized carbons (Fsp3) is 0.923. The Morgan fingerprint density at radius 1 is 0.559 bits per heavy atom. The summed E-state index contributed by atoms with van der Waals surface area (Å²) < 4.78 is 223. The van der Waals surface area contributed by atoms with Gasteiger partial charge in [-0.15, -0.1) is 0 Å². The summed E-state index contributed by atoms with van der Waals surface area (Å²) in [5, 5.41) is 0.918. The van der Waals surface area contributed by atoms with Crippen LogP contribution in [0.5, 0.6) is 0 Å². The minimum Gasteiger partial charge on any atom is -0.346 e. The molecule has 204 valence electrons. The lowest BCUT2D eigenvalue weighted by molar-refractivity contribution is -0.548. The normalized spacial score (nSPS) is 18.8. The molecule has 0 fully saturated rings. The van der Waals surface area contributed by atoms with Crippen molar-refractivity contribution in [3.8, 4) is 0 Å². The fourth-order valence-electron chi connectivity index (χ4n) is 1.58. The van der Waals surface area contributed by atoms with E-state index in [4.69, 9.17) is 0 Å². The molecule has 0 aliphatic heterocycles. The van der Waals surface area contributed by atoms with Gasteiger partial charge >= 0.3 is 48.4 Å². The maximum absolute atomic E-state index is 14.1. The quantitative estimate of drug-likeness (QED) is 0.409. The number of alkyl halides is 17. The lowest BCUT2D eigenvalue weighted by Gasteiger charge is -2.40. The van der Waals surface area contributed by atoms with Crippen molar-refractivity contribution in [1.29, 1.82) is 0 Å². The second-order valence-electron chi connectivity index (χ2n) is 7.20. The van der Waals surface area contributed by atoms with Crippen LogP contribution in [-0.2, 0) is 14.3 Å². The first-order valence-corrected chi connectivity index (χ1v) is 7.73. The fourth-order valence-corrected chi connectivity index (χ4v) is 1.58. The summed E-state index contributed by atoms with van der Waals surface area (Å²) in [6.07, 6.45) is -38.4. The van der Waals surface area contributed by atoms with E-state index in [2.05, 4.69) is 0 Å². The van der Waals surface area contributed by atoms with Gasteiger partial charge in [0.05, 0.1) is 0 Å². The Bertz CT molecular complexity index is 750. The lowest BCUT2D eigenvalue weighted by Crippen LogP contribution is -2.69. The number of hydrogen-bond acceptors (Lipinski definition) is 3. The molecule has 0 rings (SSSR count). The highest BCUT2D eigenvalue weighted by molar-refractivity contribution is 5.85. The summed E-state index contributed by atoms with van der Waals surface area (Å²) in [4.78, 5) is 11.4. The maximum Gasteiger partial charge on any atom is 0.462 e. The lowest BCUT2D eigenvalue weighted by atomic mass is 10.1. The molecule has 1 N–H and O–H groups in total. The second kappa shape index (κ2) is 8.40. The van der Waals surface area contributed by atoms with E-state index in [0.717, 1.165) is 26.1 Å². The molecule has 1 amide bonds. The van der Waals surface area contributed by atoms with Crippen LogP contribution < -0.4 is 5.32 Å². The van der Waals surface area contributed by atoms with E-state index >= 15 is 0 Å². The molecule has 21 heteroatoms. The van der Waals surface area contributed by atoms with Crippen LogP contribution in [0.3, 0.4) is 0 Å². The van der Waals surface area contributed by atoms with Gasteiger partial charge in [-0.1, -0.05) is 0 Å². The van der Waals surface area contributed by atoms with Crippen molar-refractivity contribution in [1.82, 2.24) is 5.32 Å². The molecular formula is C13H10F17NO3. The molecule has 0 aliphatic carbocycles. The molecule has 0 saturated heterocycles. The van der Waals surface area contributed by atoms with Crippen molar-refractivity contribution in [2.45, 2.75) is 74.7 Å². The molecule has 0 aromatic rings. The van der Waals surface area contributed by atoms with Gasteiger partial charge in [-0.25, -0.2) is 0 Å². The zero-order valence-corrected chi connectivity index (χ0v) is 16.2. The monoisotopic (exact) mass is 551 g/mol. The van der Waals surface area contributed by atoms with Crippen LogP contribution in [0.25, 0.3) is 0 Å². The SMILES string of the molecule is CC(C)(C)NC(=O)C(F)(OC(F)(F)C(F)(OC(F)(F)C(F)(F)C(F)(F)F)C(F)(F)F)C(F)(F)F. The highest BCUT2D eigenvalue weighted by atomic mass is 19.4. The summed E-state index contributed by atoms with van der Waals surface area (Å²) in [6, 6.07) is 0. The van der Waals surface area contributed by atoms with Crippen LogP contribution in [0, 0.1) is 0 Å². The highest BCUT2D eigenvalue weighted by Gasteiger charge is 2.85. The van der Waals surface area contributed by atoms with Gasteiger partial charge in [-0.3, -0.25) is 14.3 Å². The number of carbonyl (C=O) groups excluding carboxylic acids is 1. The van der Waals surface area contributed by atoms with Gasteiger partial charge in [0, 0.05) is 5.54 Å². The number of carbonyl (C=O) groups is 1. The van der Waals surface area contributed by atoms with E-state index in [0.29, 0.717) is 0 Å². The summed E-state index contributed by atoms with van der Waals surface area (Å²) >= 11 is 0. The second-order valence-corrected chi connectivity index (χ2v) is 7.20. The molecule has 0 bridgehead atoms. The largest absolute Gasteiger partial charge is 0.462 e. The van der Waals surface area contributed by atoms with Gasteiger partial charge in [0.2, 0.25) is 0 Å². The minimum absolute atomic E-state index is 0.734. The molecule has 0 heterocycles. The third-order valence-electron chi connectivity index (χ3n) is 3.14. The Kier molecular flexibility index (Phi) is 7.96. The van der Waals surface area contributed by atoms with Crippen molar-refractivity contribution in [3.63, 3.8) is 0 Å². The van der Waals surface area contributed by atoms with Crippen LogP contribution in [0.2, 0.25) is 0 Å². The Balaban J connectivity index is 6.79. The molecule has 0 aromatic heterocycles. The molecule has 0 spiro atoms. The zero-order valence-electron chi connectivity index (χ0n) is 16.2. The van der Waals surface area contributed by atoms with Crippen LogP contribution in [0.4, 0.5) is 74.6 Å². The number of hydrogen-bond donors (Lipinski definition) is 1. The maximum atomic E-state index is 14.1. The van der Waals surface area contributed by atoms with E-state index in [9.17, 15) is 79.4 Å². The molecule has 0 aliphatic rings. The number of amides is 1. The number of nitrogens with one attached hydrogen (secondary N) is 1. The standard InChI is InChI=1S/C13H10F17NO3/c1-5(2,3)31-4(32)6(14,9(18,19)20)33-13(29,30)8(17,11(24,25)26)34-12(27,28)7(15,16)10(21,22)23/h1-3H3,(H,31,32). The van der Waals surface area contributed by atoms with Gasteiger partial charge < -0.3 is 5.32 Å². The van der Waals surface area contributed by atoms with E-state index < -0.39 is 59.8 Å². The molecule has 0 radical (unpaired) electrons. The first-order valence-electron chi connectivity index (χ1n) is 7.73. The van der Waals surface area contributed by atoms with E-state index in [-0.39, 0.29) is 0 Å². The summed E-state index contributed by atoms with van der Waals surface area (Å²) in [7, 11) is 0. The van der Waals surface area contributed by atoms with E-state index in [1.807, 2.05) is 4.74 Å². The van der Waals surface area contributed by atoms with E-state index in [1.54, 1.807) is 0 Å². The van der Waals surface area contributed by atoms with Gasteiger partial charge in [0.25, 0.3) is 5.91 Å². The summed E-state index contributed by atoms with van der Waals surface area (Å²) in [5.41, 5.74) is -2.01. The van der Waals surface area contributed by atoms with Crippen molar-refractivity contribution < 1.29 is 88.9 Å². The minimum atomic E-state index is -8.03. The van der Waals surface area contributed by atoms with Crippen LogP contribution in [0.1, 0.15) is 20.8 Å². The summed E-state index contributed by atoms with van der Waals surface area (Å²) in [6.45, 7) is 2.20. The van der Waals surface area contributed by atoms with Crippen molar-refractivity contribution >= 4 is 5.91 Å². The van der Waals surface area contributed by atoms with Crippen molar-refractivity contribution in [2.24, 2.45) is 0 Å². The topological polar surface area (TPSA) is 47.6 Å². The van der Waals surface area contributed by atoms with Gasteiger partial charge in [-0.05, 0) is 20.8 Å². The average Bonchev–Trinajstić information content (AvgIpc) is 2.48. The van der Waals surface area contributed by atoms with Crippen LogP contribution in [0.15, 0.2) is 0 Å². The third kappa shape index (κ3) is 5.88. The Hall–Kier alpha value is -1.80. The average molecular weight is 551 g/mol. The zero-order chi connectivity index (χ0) is 28.2. The molecule has 34 heavy (non-hydrogen) atoms. The van der Waals surface area contributed by atoms with Crippen molar-refractivity contribution in [3.05, 3.63) is 0 Å².